The van der Waals surface area contributed by atoms with Crippen LogP contribution in [0.1, 0.15) is 12.8 Å². The Labute approximate surface area is 221 Å². The van der Waals surface area contributed by atoms with E-state index in [1.165, 1.54) is 18.4 Å². The van der Waals surface area contributed by atoms with Crippen LogP contribution in [0.3, 0.4) is 0 Å². The lowest BCUT2D eigenvalue weighted by molar-refractivity contribution is 0.326. The fraction of sp³-hybridized carbons (Fsp3) is 0.192. The molecule has 1 fully saturated rings. The third kappa shape index (κ3) is 4.63. The summed E-state index contributed by atoms with van der Waals surface area (Å²) < 4.78 is 75.9. The van der Waals surface area contributed by atoms with E-state index in [0.29, 0.717) is 47.3 Å². The third-order valence-electron chi connectivity index (χ3n) is 6.58. The molecule has 13 heteroatoms. The summed E-state index contributed by atoms with van der Waals surface area (Å²) in [5.74, 6) is -1.94. The second kappa shape index (κ2) is 9.82. The molecule has 9 nitrogen and oxygen atoms in total. The van der Waals surface area contributed by atoms with Crippen LogP contribution in [0.4, 0.5) is 19.1 Å². The van der Waals surface area contributed by atoms with Crippen molar-refractivity contribution in [2.75, 3.05) is 18.4 Å². The first-order valence-corrected chi connectivity index (χ1v) is 13.5. The highest BCUT2D eigenvalue weighted by atomic mass is 32.2. The molecule has 1 aliphatic heterocycles. The molecule has 1 aliphatic rings. The largest absolute Gasteiger partial charge is 0.432 e. The summed E-state index contributed by atoms with van der Waals surface area (Å²) in [4.78, 5) is 12.6. The molecule has 200 valence electrons. The summed E-state index contributed by atoms with van der Waals surface area (Å²) >= 11 is 0. The average molecular weight is 555 g/mol. The van der Waals surface area contributed by atoms with Gasteiger partial charge >= 0.3 is 5.84 Å². The molecule has 4 heterocycles. The zero-order valence-corrected chi connectivity index (χ0v) is 21.1. The lowest BCUT2D eigenvalue weighted by Gasteiger charge is -2.31. The first-order chi connectivity index (χ1) is 18.8. The summed E-state index contributed by atoms with van der Waals surface area (Å²) in [6.07, 6.45) is 5.54. The van der Waals surface area contributed by atoms with E-state index in [1.54, 1.807) is 35.0 Å². The number of hydrogen-bond acceptors (Lipinski definition) is 7. The van der Waals surface area contributed by atoms with E-state index in [1.807, 2.05) is 0 Å². The van der Waals surface area contributed by atoms with Crippen LogP contribution in [-0.4, -0.2) is 51.2 Å². The van der Waals surface area contributed by atoms with Crippen LogP contribution in [0.15, 0.2) is 76.5 Å². The summed E-state index contributed by atoms with van der Waals surface area (Å²) in [5.41, 5.74) is 2.40. The standard InChI is InChI=1S/C26H21F3N6O3S/c27-17-6-4-16(5-7-17)22-23(35-14-15-38-26(35)33-22)21-8-11-30-25(32-21)31-18-9-12-34(13-10-18)39(36,37)24-19(28)2-1-3-20(24)29/h1-8,11,14-15,18H,9-10,12-13H2,(H,30,31,32). The minimum Gasteiger partial charge on any atom is -0.432 e. The molecule has 1 N–H and O–H groups in total. The van der Waals surface area contributed by atoms with Crippen molar-refractivity contribution in [2.45, 2.75) is 23.8 Å². The molecule has 0 amide bonds. The lowest BCUT2D eigenvalue weighted by atomic mass is 10.1. The van der Waals surface area contributed by atoms with E-state index in [-0.39, 0.29) is 24.9 Å². The zero-order chi connectivity index (χ0) is 27.1. The number of oxazole rings is 1. The van der Waals surface area contributed by atoms with Crippen LogP contribution >= 0.6 is 0 Å². The van der Waals surface area contributed by atoms with Gasteiger partial charge in [-0.2, -0.15) is 9.29 Å². The highest BCUT2D eigenvalue weighted by Gasteiger charge is 2.34. The Morgan fingerprint density at radius 2 is 1.67 bits per heavy atom. The SMILES string of the molecule is O=S(=O)(c1c(F)cccc1F)N1CCC(Nc2nccc(-c3c(-c4ccc(F)cc4)nc4occn34)n2)CC1. The van der Waals surface area contributed by atoms with E-state index in [0.717, 1.165) is 22.5 Å². The Kier molecular flexibility index (Phi) is 6.31. The molecule has 39 heavy (non-hydrogen) atoms. The molecule has 0 aliphatic carbocycles. The van der Waals surface area contributed by atoms with Crippen LogP contribution in [0.5, 0.6) is 0 Å². The van der Waals surface area contributed by atoms with Gasteiger partial charge in [0.15, 0.2) is 4.90 Å². The van der Waals surface area contributed by atoms with Crippen molar-refractivity contribution < 1.29 is 26.0 Å². The van der Waals surface area contributed by atoms with Gasteiger partial charge in [-0.05, 0) is 55.3 Å². The van der Waals surface area contributed by atoms with Crippen molar-refractivity contribution >= 4 is 21.8 Å². The summed E-state index contributed by atoms with van der Waals surface area (Å²) in [6.45, 7) is 0.140. The number of anilines is 1. The van der Waals surface area contributed by atoms with E-state index < -0.39 is 26.6 Å². The molecule has 0 radical (unpaired) electrons. The number of nitrogens with zero attached hydrogens (tertiary/aromatic N) is 5. The molecule has 3 aromatic heterocycles. The van der Waals surface area contributed by atoms with E-state index in [9.17, 15) is 21.6 Å². The molecule has 1 saturated heterocycles. The van der Waals surface area contributed by atoms with E-state index in [4.69, 9.17) is 4.42 Å². The van der Waals surface area contributed by atoms with Crippen LogP contribution in [0, 0.1) is 17.5 Å². The maximum atomic E-state index is 14.1. The van der Waals surface area contributed by atoms with E-state index >= 15 is 0 Å². The van der Waals surface area contributed by atoms with Crippen LogP contribution in [-0.2, 0) is 10.0 Å². The minimum atomic E-state index is -4.32. The Balaban J connectivity index is 1.22. The first kappa shape index (κ1) is 25.1. The normalized spacial score (nSPS) is 15.2. The van der Waals surface area contributed by atoms with Gasteiger partial charge in [0.2, 0.25) is 16.0 Å². The van der Waals surface area contributed by atoms with Crippen molar-refractivity contribution in [3.8, 4) is 22.6 Å². The van der Waals surface area contributed by atoms with Gasteiger partial charge in [0, 0.05) is 37.1 Å². The molecule has 0 atom stereocenters. The fourth-order valence-corrected chi connectivity index (χ4v) is 6.26. The third-order valence-corrected chi connectivity index (χ3v) is 8.53. The summed E-state index contributed by atoms with van der Waals surface area (Å²) in [5, 5.41) is 3.23. The van der Waals surface area contributed by atoms with Gasteiger partial charge in [-0.25, -0.2) is 31.6 Å². The maximum absolute atomic E-state index is 14.1. The van der Waals surface area contributed by atoms with Crippen LogP contribution in [0.2, 0.25) is 0 Å². The predicted molar refractivity (Wildman–Crippen MR) is 136 cm³/mol. The van der Waals surface area contributed by atoms with Crippen molar-refractivity contribution in [2.24, 2.45) is 0 Å². The second-order valence-corrected chi connectivity index (χ2v) is 10.9. The number of aromatic nitrogens is 4. The topological polar surface area (TPSA) is 106 Å². The Bertz CT molecular complexity index is 1740. The number of benzene rings is 2. The predicted octanol–water partition coefficient (Wildman–Crippen LogP) is 4.73. The average Bonchev–Trinajstić information content (AvgIpc) is 3.51. The molecule has 6 rings (SSSR count). The van der Waals surface area contributed by atoms with Gasteiger partial charge in [-0.15, -0.1) is 0 Å². The number of hydrogen-bond donors (Lipinski definition) is 1. The number of sulfonamides is 1. The number of fused-ring (bicyclic) bond motifs is 1. The minimum absolute atomic E-state index is 0.0699. The van der Waals surface area contributed by atoms with Crippen molar-refractivity contribution in [1.29, 1.82) is 0 Å². The fourth-order valence-electron chi connectivity index (χ4n) is 4.68. The van der Waals surface area contributed by atoms with Gasteiger partial charge < -0.3 is 9.73 Å². The van der Waals surface area contributed by atoms with Crippen molar-refractivity contribution in [1.82, 2.24) is 23.7 Å². The Hall–Kier alpha value is -4.23. The number of rotatable bonds is 6. The first-order valence-electron chi connectivity index (χ1n) is 12.1. The van der Waals surface area contributed by atoms with E-state index in [2.05, 4.69) is 20.3 Å². The van der Waals surface area contributed by atoms with Gasteiger partial charge in [0.1, 0.15) is 35.1 Å². The Morgan fingerprint density at radius 3 is 2.38 bits per heavy atom. The zero-order valence-electron chi connectivity index (χ0n) is 20.3. The summed E-state index contributed by atoms with van der Waals surface area (Å²) in [7, 11) is -4.32. The number of nitrogens with one attached hydrogen (secondary N) is 1. The highest BCUT2D eigenvalue weighted by molar-refractivity contribution is 7.89. The molecule has 5 aromatic rings. The molecule has 0 saturated carbocycles. The van der Waals surface area contributed by atoms with Gasteiger partial charge in [-0.3, -0.25) is 4.40 Å². The van der Waals surface area contributed by atoms with Gasteiger partial charge in [-0.1, -0.05) is 6.07 Å². The number of halogens is 3. The van der Waals surface area contributed by atoms with Crippen LogP contribution in [0.25, 0.3) is 28.5 Å². The molecule has 0 unspecified atom stereocenters. The maximum Gasteiger partial charge on any atom is 0.306 e. The van der Waals surface area contributed by atoms with Gasteiger partial charge in [0.25, 0.3) is 0 Å². The molecule has 2 aromatic carbocycles. The smallest absolute Gasteiger partial charge is 0.306 e. The number of piperidine rings is 1. The quantitative estimate of drug-likeness (QED) is 0.323. The van der Waals surface area contributed by atoms with Gasteiger partial charge in [0.05, 0.1) is 5.69 Å². The van der Waals surface area contributed by atoms with Crippen molar-refractivity contribution in [3.05, 3.63) is 84.6 Å². The summed E-state index contributed by atoms with van der Waals surface area (Å²) in [6, 6.07) is 10.5. The van der Waals surface area contributed by atoms with Crippen LogP contribution < -0.4 is 5.32 Å². The van der Waals surface area contributed by atoms with Crippen molar-refractivity contribution in [3.63, 3.8) is 0 Å². The molecular formula is C26H21F3N6O3S. The lowest BCUT2D eigenvalue weighted by Crippen LogP contribution is -2.43. The molecule has 0 spiro atoms. The number of imidazole rings is 1. The molecular weight excluding hydrogens is 533 g/mol. The Morgan fingerprint density at radius 1 is 0.949 bits per heavy atom. The second-order valence-electron chi connectivity index (χ2n) is 9.01. The highest BCUT2D eigenvalue weighted by Crippen LogP contribution is 2.33. The monoisotopic (exact) mass is 554 g/mol. The molecule has 0 bridgehead atoms.